The second kappa shape index (κ2) is 6.16. The van der Waals surface area contributed by atoms with Crippen LogP contribution in [-0.2, 0) is 4.79 Å². The van der Waals surface area contributed by atoms with E-state index in [1.807, 2.05) is 19.1 Å². The molecule has 0 atom stereocenters. The van der Waals surface area contributed by atoms with Crippen molar-refractivity contribution >= 4 is 40.1 Å². The van der Waals surface area contributed by atoms with Crippen LogP contribution >= 0.6 is 22.9 Å². The molecular formula is C13H11N5O2S2. The van der Waals surface area contributed by atoms with Crippen LogP contribution in [0.3, 0.4) is 0 Å². The van der Waals surface area contributed by atoms with Crippen molar-refractivity contribution in [3.05, 3.63) is 30.0 Å². The summed E-state index contributed by atoms with van der Waals surface area (Å²) in [5.41, 5.74) is 1.46. The molecule has 0 radical (unpaired) electrons. The van der Waals surface area contributed by atoms with Crippen LogP contribution in [0.1, 0.15) is 5.69 Å². The molecule has 0 N–H and O–H groups in total. The summed E-state index contributed by atoms with van der Waals surface area (Å²) in [6.45, 7) is 1.86. The number of aryl methyl sites for hydroxylation is 1. The molecule has 0 aliphatic heterocycles. The maximum Gasteiger partial charge on any atom is 0.220 e. The summed E-state index contributed by atoms with van der Waals surface area (Å²) in [6, 6.07) is 7.18. The SMILES string of the molecule is COc1cccc(N(C=O)c2nnc(-c3snnc3C)s2)c1. The van der Waals surface area contributed by atoms with Crippen LogP contribution in [-0.4, -0.2) is 33.3 Å². The van der Waals surface area contributed by atoms with Gasteiger partial charge in [0, 0.05) is 6.07 Å². The van der Waals surface area contributed by atoms with E-state index in [0.29, 0.717) is 28.0 Å². The van der Waals surface area contributed by atoms with Crippen LogP contribution in [0.15, 0.2) is 24.3 Å². The van der Waals surface area contributed by atoms with E-state index in [-0.39, 0.29) is 0 Å². The van der Waals surface area contributed by atoms with Crippen molar-refractivity contribution in [3.8, 4) is 15.6 Å². The fourth-order valence-corrected chi connectivity index (χ4v) is 3.41. The van der Waals surface area contributed by atoms with Gasteiger partial charge in [0.05, 0.1) is 18.5 Å². The average molecular weight is 333 g/mol. The van der Waals surface area contributed by atoms with Crippen LogP contribution in [0, 0.1) is 6.92 Å². The van der Waals surface area contributed by atoms with Gasteiger partial charge in [0.15, 0.2) is 5.01 Å². The topological polar surface area (TPSA) is 81.1 Å². The molecule has 0 fully saturated rings. The third-order valence-corrected chi connectivity index (χ3v) is 4.81. The van der Waals surface area contributed by atoms with E-state index in [9.17, 15) is 4.79 Å². The van der Waals surface area contributed by atoms with Crippen molar-refractivity contribution in [2.45, 2.75) is 6.92 Å². The molecule has 1 amide bonds. The minimum absolute atomic E-state index is 0.478. The van der Waals surface area contributed by atoms with Gasteiger partial charge in [-0.2, -0.15) is 0 Å². The Hall–Kier alpha value is -2.39. The number of carbonyl (C=O) groups excluding carboxylic acids is 1. The van der Waals surface area contributed by atoms with E-state index in [2.05, 4.69) is 19.8 Å². The lowest BCUT2D eigenvalue weighted by molar-refractivity contribution is -0.106. The third kappa shape index (κ3) is 2.68. The Morgan fingerprint density at radius 2 is 2.14 bits per heavy atom. The summed E-state index contributed by atoms with van der Waals surface area (Å²) in [5.74, 6) is 0.664. The van der Waals surface area contributed by atoms with Gasteiger partial charge in [0.2, 0.25) is 11.5 Å². The maximum atomic E-state index is 11.5. The number of methoxy groups -OCH3 is 1. The standard InChI is InChI=1S/C13H11N5O2S2/c1-8-11(22-17-14-8)12-15-16-13(21-12)18(7-19)9-4-3-5-10(6-9)20-2/h3-7H,1-2H3. The monoisotopic (exact) mass is 333 g/mol. The minimum atomic E-state index is 0.478. The van der Waals surface area contributed by atoms with Crippen molar-refractivity contribution in [2.75, 3.05) is 12.0 Å². The number of hydrogen-bond donors (Lipinski definition) is 0. The zero-order valence-electron chi connectivity index (χ0n) is 11.8. The molecule has 0 bridgehead atoms. The Morgan fingerprint density at radius 1 is 1.27 bits per heavy atom. The van der Waals surface area contributed by atoms with Crippen molar-refractivity contribution < 1.29 is 9.53 Å². The zero-order chi connectivity index (χ0) is 15.5. The van der Waals surface area contributed by atoms with Crippen molar-refractivity contribution in [1.82, 2.24) is 19.8 Å². The van der Waals surface area contributed by atoms with E-state index < -0.39 is 0 Å². The molecule has 9 heteroatoms. The summed E-state index contributed by atoms with van der Waals surface area (Å²) >= 11 is 2.56. The Labute approximate surface area is 134 Å². The lowest BCUT2D eigenvalue weighted by Crippen LogP contribution is -2.13. The summed E-state index contributed by atoms with van der Waals surface area (Å²) < 4.78 is 9.06. The van der Waals surface area contributed by atoms with E-state index >= 15 is 0 Å². The largest absolute Gasteiger partial charge is 0.497 e. The molecule has 3 rings (SSSR count). The van der Waals surface area contributed by atoms with Crippen molar-refractivity contribution in [2.24, 2.45) is 0 Å². The highest BCUT2D eigenvalue weighted by molar-refractivity contribution is 7.22. The molecule has 2 heterocycles. The third-order valence-electron chi connectivity index (χ3n) is 2.90. The highest BCUT2D eigenvalue weighted by Gasteiger charge is 2.18. The number of nitrogens with zero attached hydrogens (tertiary/aromatic N) is 5. The normalized spacial score (nSPS) is 10.5. The first-order valence-corrected chi connectivity index (χ1v) is 7.83. The molecule has 112 valence electrons. The molecule has 0 saturated carbocycles. The van der Waals surface area contributed by atoms with Crippen LogP contribution < -0.4 is 9.64 Å². The number of benzene rings is 1. The molecule has 2 aromatic heterocycles. The van der Waals surface area contributed by atoms with E-state index in [0.717, 1.165) is 10.6 Å². The van der Waals surface area contributed by atoms with Crippen LogP contribution in [0.25, 0.3) is 9.88 Å². The van der Waals surface area contributed by atoms with Crippen molar-refractivity contribution in [3.63, 3.8) is 0 Å². The minimum Gasteiger partial charge on any atom is -0.497 e. The van der Waals surface area contributed by atoms with Gasteiger partial charge in [0.1, 0.15) is 10.6 Å². The summed E-state index contributed by atoms with van der Waals surface area (Å²) in [6.07, 6.45) is 0.705. The molecular weight excluding hydrogens is 322 g/mol. The molecule has 0 spiro atoms. The first-order valence-electron chi connectivity index (χ1n) is 6.24. The predicted octanol–water partition coefficient (Wildman–Crippen LogP) is 2.67. The smallest absolute Gasteiger partial charge is 0.220 e. The first kappa shape index (κ1) is 14.5. The molecule has 0 unspecified atom stereocenters. The number of anilines is 2. The van der Waals surface area contributed by atoms with Gasteiger partial charge in [-0.05, 0) is 30.6 Å². The van der Waals surface area contributed by atoms with E-state index in [1.165, 1.54) is 27.8 Å². The van der Waals surface area contributed by atoms with Gasteiger partial charge in [-0.25, -0.2) is 0 Å². The van der Waals surface area contributed by atoms with Crippen LogP contribution in [0.4, 0.5) is 10.8 Å². The summed E-state index contributed by atoms with van der Waals surface area (Å²) in [7, 11) is 1.58. The molecule has 7 nitrogen and oxygen atoms in total. The van der Waals surface area contributed by atoms with Gasteiger partial charge in [0.25, 0.3) is 0 Å². The highest BCUT2D eigenvalue weighted by atomic mass is 32.1. The fraction of sp³-hybridized carbons (Fsp3) is 0.154. The Bertz CT molecular complexity index is 801. The Balaban J connectivity index is 1.96. The van der Waals surface area contributed by atoms with Gasteiger partial charge in [-0.1, -0.05) is 21.9 Å². The van der Waals surface area contributed by atoms with E-state index in [4.69, 9.17) is 4.74 Å². The molecule has 3 aromatic rings. The maximum absolute atomic E-state index is 11.5. The van der Waals surface area contributed by atoms with Gasteiger partial charge < -0.3 is 4.74 Å². The molecule has 1 aromatic carbocycles. The van der Waals surface area contributed by atoms with Crippen molar-refractivity contribution in [1.29, 1.82) is 0 Å². The first-order chi connectivity index (χ1) is 10.7. The van der Waals surface area contributed by atoms with E-state index in [1.54, 1.807) is 19.2 Å². The number of rotatable bonds is 5. The van der Waals surface area contributed by atoms with Gasteiger partial charge in [-0.15, -0.1) is 15.3 Å². The van der Waals surface area contributed by atoms with Gasteiger partial charge in [-0.3, -0.25) is 9.69 Å². The summed E-state index contributed by atoms with van der Waals surface area (Å²) in [4.78, 5) is 13.8. The molecule has 0 aliphatic carbocycles. The summed E-state index contributed by atoms with van der Waals surface area (Å²) in [5, 5.41) is 13.3. The molecule has 22 heavy (non-hydrogen) atoms. The number of hydrogen-bond acceptors (Lipinski definition) is 8. The lowest BCUT2D eigenvalue weighted by atomic mass is 10.3. The Kier molecular flexibility index (Phi) is 4.07. The number of ether oxygens (including phenoxy) is 1. The number of carbonyl (C=O) groups is 1. The second-order valence-corrected chi connectivity index (χ2v) is 5.96. The van der Waals surface area contributed by atoms with Gasteiger partial charge >= 0.3 is 0 Å². The number of aromatic nitrogens is 4. The molecule has 0 saturated heterocycles. The zero-order valence-corrected chi connectivity index (χ0v) is 13.4. The second-order valence-electron chi connectivity index (χ2n) is 4.25. The quantitative estimate of drug-likeness (QED) is 0.668. The average Bonchev–Trinajstić information content (AvgIpc) is 3.17. The fourth-order valence-electron chi connectivity index (χ4n) is 1.81. The van der Waals surface area contributed by atoms with Crippen LogP contribution in [0.5, 0.6) is 5.75 Å². The lowest BCUT2D eigenvalue weighted by Gasteiger charge is -2.13. The Morgan fingerprint density at radius 3 is 2.82 bits per heavy atom. The van der Waals surface area contributed by atoms with Crippen LogP contribution in [0.2, 0.25) is 0 Å². The predicted molar refractivity (Wildman–Crippen MR) is 84.7 cm³/mol. The highest BCUT2D eigenvalue weighted by Crippen LogP contribution is 2.35. The number of amides is 1. The molecule has 0 aliphatic rings.